The summed E-state index contributed by atoms with van der Waals surface area (Å²) in [5.41, 5.74) is 8.60. The van der Waals surface area contributed by atoms with Crippen LogP contribution in [-0.4, -0.2) is 86.0 Å². The third-order valence-corrected chi connectivity index (χ3v) is 7.96. The molecule has 4 atom stereocenters. The van der Waals surface area contributed by atoms with Crippen LogP contribution in [0, 0.1) is 17.2 Å². The fourth-order valence-corrected chi connectivity index (χ4v) is 6.05. The van der Waals surface area contributed by atoms with Gasteiger partial charge < -0.3 is 26.2 Å². The SMILES string of the molecule is CN=CC(=CN)C1=CC2=C(CC1C(F)F)N(C(=N)C1CN(C(C)=O)CCC1NC1CCNC1)CCC2. The van der Waals surface area contributed by atoms with Gasteiger partial charge in [0, 0.05) is 88.3 Å². The molecule has 0 aromatic heterocycles. The summed E-state index contributed by atoms with van der Waals surface area (Å²) >= 11 is 0. The molecule has 8 nitrogen and oxygen atoms in total. The molecule has 3 aliphatic heterocycles. The van der Waals surface area contributed by atoms with Crippen molar-refractivity contribution in [1.82, 2.24) is 20.4 Å². The van der Waals surface area contributed by atoms with Crippen LogP contribution in [0.2, 0.25) is 0 Å². The Balaban J connectivity index is 1.64. The molecule has 0 radical (unpaired) electrons. The van der Waals surface area contributed by atoms with E-state index in [0.29, 0.717) is 42.7 Å². The summed E-state index contributed by atoms with van der Waals surface area (Å²) in [5, 5.41) is 16.4. The Bertz CT molecular complexity index is 967. The van der Waals surface area contributed by atoms with Crippen LogP contribution in [-0.2, 0) is 4.79 Å². The smallest absolute Gasteiger partial charge is 0.245 e. The van der Waals surface area contributed by atoms with Crippen LogP contribution >= 0.6 is 0 Å². The molecule has 198 valence electrons. The summed E-state index contributed by atoms with van der Waals surface area (Å²) in [6.45, 7) is 5.20. The minimum absolute atomic E-state index is 0.00836. The van der Waals surface area contributed by atoms with E-state index in [1.807, 2.05) is 15.9 Å². The summed E-state index contributed by atoms with van der Waals surface area (Å²) in [5.74, 6) is -0.777. The average Bonchev–Trinajstić information content (AvgIpc) is 3.39. The number of carbonyl (C=O) groups is 1. The first-order valence-electron chi connectivity index (χ1n) is 13.0. The Hall–Kier alpha value is -2.59. The van der Waals surface area contributed by atoms with E-state index in [4.69, 9.17) is 5.73 Å². The highest BCUT2D eigenvalue weighted by atomic mass is 19.3. The standard InChI is InChI=1S/C26H39F2N7O/c1-16(36)34-9-6-23(33-19-5-7-32-14-19)22(15-34)26(30)35-8-3-4-17-10-20(18(12-29)13-31-2)21(25(27)28)11-24(17)35/h10,12-13,19,21-23,25,30,32-33H,3-9,11,14-15,29H2,1-2H3. The Morgan fingerprint density at radius 1 is 1.36 bits per heavy atom. The largest absolute Gasteiger partial charge is 0.404 e. The molecule has 2 saturated heterocycles. The van der Waals surface area contributed by atoms with Crippen LogP contribution in [0.3, 0.4) is 0 Å². The Morgan fingerprint density at radius 3 is 2.81 bits per heavy atom. The predicted molar refractivity (Wildman–Crippen MR) is 138 cm³/mol. The van der Waals surface area contributed by atoms with Crippen LogP contribution in [0.5, 0.6) is 0 Å². The molecule has 4 rings (SSSR count). The van der Waals surface area contributed by atoms with Crippen LogP contribution in [0.1, 0.15) is 39.0 Å². The summed E-state index contributed by atoms with van der Waals surface area (Å²) in [6, 6.07) is 0.410. The number of allylic oxidation sites excluding steroid dienone is 5. The monoisotopic (exact) mass is 503 g/mol. The molecule has 0 aromatic carbocycles. The number of nitrogens with one attached hydrogen (secondary N) is 3. The first kappa shape index (κ1) is 26.5. The Morgan fingerprint density at radius 2 is 2.17 bits per heavy atom. The average molecular weight is 504 g/mol. The van der Waals surface area contributed by atoms with Gasteiger partial charge in [-0.3, -0.25) is 15.2 Å². The summed E-state index contributed by atoms with van der Waals surface area (Å²) in [7, 11) is 1.60. The molecule has 2 fully saturated rings. The molecule has 10 heteroatoms. The molecule has 0 spiro atoms. The van der Waals surface area contributed by atoms with Gasteiger partial charge in [-0.2, -0.15) is 0 Å². The van der Waals surface area contributed by atoms with E-state index in [-0.39, 0.29) is 24.3 Å². The van der Waals surface area contributed by atoms with Gasteiger partial charge >= 0.3 is 0 Å². The van der Waals surface area contributed by atoms with Crippen molar-refractivity contribution in [3.05, 3.63) is 34.7 Å². The lowest BCUT2D eigenvalue weighted by Crippen LogP contribution is -2.58. The molecule has 0 bridgehead atoms. The number of aliphatic imine (C=N–C) groups is 1. The molecule has 0 saturated carbocycles. The van der Waals surface area contributed by atoms with Gasteiger partial charge in [0.1, 0.15) is 5.84 Å². The topological polar surface area (TPSA) is 110 Å². The quantitative estimate of drug-likeness (QED) is 0.328. The minimum Gasteiger partial charge on any atom is -0.404 e. The summed E-state index contributed by atoms with van der Waals surface area (Å²) < 4.78 is 28.5. The molecule has 1 amide bonds. The van der Waals surface area contributed by atoms with Crippen LogP contribution in [0.25, 0.3) is 0 Å². The molecule has 1 aliphatic carbocycles. The molecule has 0 aromatic rings. The Kier molecular flexibility index (Phi) is 8.56. The highest BCUT2D eigenvalue weighted by Crippen LogP contribution is 2.41. The van der Waals surface area contributed by atoms with Crippen LogP contribution in [0.15, 0.2) is 39.7 Å². The third kappa shape index (κ3) is 5.54. The zero-order valence-electron chi connectivity index (χ0n) is 21.3. The predicted octanol–water partition coefficient (Wildman–Crippen LogP) is 2.26. The van der Waals surface area contributed by atoms with Gasteiger partial charge in [-0.15, -0.1) is 0 Å². The zero-order chi connectivity index (χ0) is 25.8. The number of carbonyl (C=O) groups excluding carboxylic acids is 1. The maximum atomic E-state index is 14.3. The normalized spacial score (nSPS) is 29.7. The number of amides is 1. The lowest BCUT2D eigenvalue weighted by Gasteiger charge is -2.45. The van der Waals surface area contributed by atoms with E-state index in [1.54, 1.807) is 14.0 Å². The van der Waals surface area contributed by atoms with Crippen LogP contribution < -0.4 is 16.4 Å². The van der Waals surface area contributed by atoms with Crippen molar-refractivity contribution in [1.29, 1.82) is 5.41 Å². The van der Waals surface area contributed by atoms with Crippen molar-refractivity contribution in [2.45, 2.75) is 57.5 Å². The van der Waals surface area contributed by atoms with Crippen molar-refractivity contribution in [2.24, 2.45) is 22.6 Å². The number of piperidine rings is 1. The number of halogens is 2. The number of hydrogen-bond acceptors (Lipinski definition) is 6. The summed E-state index contributed by atoms with van der Waals surface area (Å²) in [4.78, 5) is 20.0. The van der Waals surface area contributed by atoms with Gasteiger partial charge in [0.2, 0.25) is 12.3 Å². The van der Waals surface area contributed by atoms with E-state index < -0.39 is 12.3 Å². The second kappa shape index (κ2) is 11.6. The fraction of sp³-hybridized carbons (Fsp3) is 0.654. The second-order valence-electron chi connectivity index (χ2n) is 10.2. The van der Waals surface area contributed by atoms with Crippen molar-refractivity contribution in [2.75, 3.05) is 39.8 Å². The van der Waals surface area contributed by atoms with Crippen molar-refractivity contribution in [3.8, 4) is 0 Å². The maximum absolute atomic E-state index is 14.3. The maximum Gasteiger partial charge on any atom is 0.245 e. The van der Waals surface area contributed by atoms with E-state index in [2.05, 4.69) is 15.6 Å². The molecular weight excluding hydrogens is 464 g/mol. The molecule has 4 unspecified atom stereocenters. The lowest BCUT2D eigenvalue weighted by molar-refractivity contribution is -0.130. The summed E-state index contributed by atoms with van der Waals surface area (Å²) in [6.07, 6.45) is 5.73. The molecular formula is C26H39F2N7O. The molecule has 5 N–H and O–H groups in total. The van der Waals surface area contributed by atoms with E-state index in [9.17, 15) is 19.0 Å². The Labute approximate surface area is 212 Å². The number of alkyl halides is 2. The van der Waals surface area contributed by atoms with Gasteiger partial charge in [0.15, 0.2) is 0 Å². The molecule has 3 heterocycles. The lowest BCUT2D eigenvalue weighted by atomic mass is 9.79. The molecule has 36 heavy (non-hydrogen) atoms. The molecule has 4 aliphatic rings. The second-order valence-corrected chi connectivity index (χ2v) is 10.2. The number of nitrogens with zero attached hydrogens (tertiary/aromatic N) is 3. The highest BCUT2D eigenvalue weighted by molar-refractivity contribution is 5.87. The van der Waals surface area contributed by atoms with Crippen molar-refractivity contribution < 1.29 is 13.6 Å². The minimum atomic E-state index is -2.56. The van der Waals surface area contributed by atoms with E-state index in [1.165, 1.54) is 12.4 Å². The fourth-order valence-electron chi connectivity index (χ4n) is 6.05. The highest BCUT2D eigenvalue weighted by Gasteiger charge is 2.40. The van der Waals surface area contributed by atoms with Gasteiger partial charge in [-0.1, -0.05) is 6.08 Å². The number of amidine groups is 1. The third-order valence-electron chi connectivity index (χ3n) is 7.96. The first-order valence-corrected chi connectivity index (χ1v) is 13.0. The number of likely N-dealkylation sites (tertiary alicyclic amines) is 1. The van der Waals surface area contributed by atoms with Gasteiger partial charge in [-0.05, 0) is 43.4 Å². The number of nitrogens with two attached hydrogens (primary N) is 1. The number of rotatable bonds is 6. The zero-order valence-corrected chi connectivity index (χ0v) is 21.3. The first-order chi connectivity index (χ1) is 17.3. The van der Waals surface area contributed by atoms with Gasteiger partial charge in [0.25, 0.3) is 0 Å². The van der Waals surface area contributed by atoms with Crippen molar-refractivity contribution in [3.63, 3.8) is 0 Å². The van der Waals surface area contributed by atoms with Crippen molar-refractivity contribution >= 4 is 18.0 Å². The van der Waals surface area contributed by atoms with Gasteiger partial charge in [0.05, 0.1) is 5.92 Å². The van der Waals surface area contributed by atoms with E-state index in [0.717, 1.165) is 50.0 Å². The van der Waals surface area contributed by atoms with E-state index >= 15 is 0 Å². The van der Waals surface area contributed by atoms with Crippen LogP contribution in [0.4, 0.5) is 8.78 Å². The van der Waals surface area contributed by atoms with Gasteiger partial charge in [-0.25, -0.2) is 8.78 Å². The number of hydrogen-bond donors (Lipinski definition) is 4.